The number of amides is 2. The molecule has 1 atom stereocenters. The van der Waals surface area contributed by atoms with Crippen molar-refractivity contribution >= 4 is 17.9 Å². The first-order chi connectivity index (χ1) is 17.3. The van der Waals surface area contributed by atoms with Crippen molar-refractivity contribution < 1.29 is 22.8 Å². The van der Waals surface area contributed by atoms with Crippen LogP contribution in [0, 0.1) is 24.5 Å². The van der Waals surface area contributed by atoms with E-state index < -0.39 is 0 Å². The molecule has 188 valence electrons. The Balaban J connectivity index is 1.47. The van der Waals surface area contributed by atoms with Gasteiger partial charge in [-0.1, -0.05) is 30.3 Å². The van der Waals surface area contributed by atoms with Gasteiger partial charge in [-0.05, 0) is 73.6 Å². The summed E-state index contributed by atoms with van der Waals surface area (Å²) in [6.45, 7) is 2.80. The zero-order chi connectivity index (χ0) is 25.7. The molecule has 4 rings (SSSR count). The number of nitrogens with zero attached hydrogens (tertiary/aromatic N) is 2. The standard InChI is InChI=1S/C29H30F2N2O3/c1-20-25(14-17-36-20)29(35)32(2)27(19-23-7-3-4-9-26(23)31)22-12-15-33(16-13-22)28(34)11-10-21-6-5-8-24(30)18-21/h3-11,14,17-18,22,27H,12-13,15-16,19H2,1-2H3/b11-10+/t27-/m0/s1. The number of halogens is 2. The van der Waals surface area contributed by atoms with Crippen LogP contribution in [0.2, 0.25) is 0 Å². The molecule has 1 aliphatic heterocycles. The van der Waals surface area contributed by atoms with Gasteiger partial charge in [0.25, 0.3) is 5.91 Å². The molecule has 0 radical (unpaired) electrons. The minimum atomic E-state index is -0.351. The third-order valence-corrected chi connectivity index (χ3v) is 6.96. The summed E-state index contributed by atoms with van der Waals surface area (Å²) < 4.78 is 33.2. The third kappa shape index (κ3) is 5.90. The summed E-state index contributed by atoms with van der Waals surface area (Å²) in [5.74, 6) is -0.321. The Labute approximate surface area is 210 Å². The van der Waals surface area contributed by atoms with Gasteiger partial charge in [0.1, 0.15) is 17.4 Å². The van der Waals surface area contributed by atoms with Gasteiger partial charge < -0.3 is 14.2 Å². The number of aryl methyl sites for hydroxylation is 1. The number of likely N-dealkylation sites (N-methyl/N-ethyl adjacent to an activating group) is 1. The highest BCUT2D eigenvalue weighted by atomic mass is 19.1. The molecule has 5 nitrogen and oxygen atoms in total. The molecule has 1 aromatic heterocycles. The van der Waals surface area contributed by atoms with E-state index in [2.05, 4.69) is 0 Å². The second kappa shape index (κ2) is 11.3. The van der Waals surface area contributed by atoms with Gasteiger partial charge in [-0.25, -0.2) is 8.78 Å². The molecule has 3 aromatic rings. The molecule has 0 spiro atoms. The molecule has 0 bridgehead atoms. The minimum absolute atomic E-state index is 0.0852. The number of benzene rings is 2. The first-order valence-corrected chi connectivity index (χ1v) is 12.1. The summed E-state index contributed by atoms with van der Waals surface area (Å²) in [4.78, 5) is 29.4. The summed E-state index contributed by atoms with van der Waals surface area (Å²) >= 11 is 0. The van der Waals surface area contributed by atoms with Gasteiger partial charge in [0.05, 0.1) is 11.8 Å². The van der Waals surface area contributed by atoms with Gasteiger partial charge in [0.2, 0.25) is 5.91 Å². The van der Waals surface area contributed by atoms with E-state index in [0.29, 0.717) is 54.8 Å². The quantitative estimate of drug-likeness (QED) is 0.409. The van der Waals surface area contributed by atoms with E-state index in [4.69, 9.17) is 4.42 Å². The summed E-state index contributed by atoms with van der Waals surface area (Å²) in [6, 6.07) is 14.1. The number of carbonyl (C=O) groups excluding carboxylic acids is 2. The Morgan fingerprint density at radius 2 is 1.86 bits per heavy atom. The highest BCUT2D eigenvalue weighted by Gasteiger charge is 2.34. The molecular formula is C29H30F2N2O3. The van der Waals surface area contributed by atoms with E-state index in [0.717, 1.165) is 0 Å². The van der Waals surface area contributed by atoms with E-state index in [1.54, 1.807) is 66.2 Å². The lowest BCUT2D eigenvalue weighted by Crippen LogP contribution is -2.48. The smallest absolute Gasteiger partial charge is 0.257 e. The monoisotopic (exact) mass is 492 g/mol. The van der Waals surface area contributed by atoms with Crippen LogP contribution in [0.5, 0.6) is 0 Å². The summed E-state index contributed by atoms with van der Waals surface area (Å²) in [5.41, 5.74) is 1.67. The number of hydrogen-bond acceptors (Lipinski definition) is 3. The number of carbonyl (C=O) groups is 2. The van der Waals surface area contributed by atoms with Gasteiger partial charge in [0, 0.05) is 32.3 Å². The fourth-order valence-corrected chi connectivity index (χ4v) is 4.84. The van der Waals surface area contributed by atoms with Gasteiger partial charge in [-0.3, -0.25) is 9.59 Å². The molecule has 36 heavy (non-hydrogen) atoms. The van der Waals surface area contributed by atoms with Gasteiger partial charge in [-0.2, -0.15) is 0 Å². The Kier molecular flexibility index (Phi) is 7.98. The zero-order valence-corrected chi connectivity index (χ0v) is 20.5. The molecule has 0 aliphatic carbocycles. The average Bonchev–Trinajstić information content (AvgIpc) is 3.32. The molecule has 2 aromatic carbocycles. The van der Waals surface area contributed by atoms with E-state index >= 15 is 0 Å². The molecule has 0 N–H and O–H groups in total. The van der Waals surface area contributed by atoms with E-state index in [1.165, 1.54) is 30.5 Å². The first-order valence-electron chi connectivity index (χ1n) is 12.1. The molecule has 1 saturated heterocycles. The van der Waals surface area contributed by atoms with Crippen molar-refractivity contribution in [3.05, 3.63) is 101 Å². The second-order valence-electron chi connectivity index (χ2n) is 9.22. The maximum Gasteiger partial charge on any atom is 0.257 e. The van der Waals surface area contributed by atoms with Crippen LogP contribution in [0.1, 0.15) is 40.1 Å². The van der Waals surface area contributed by atoms with Crippen molar-refractivity contribution in [1.82, 2.24) is 9.80 Å². The molecule has 1 aliphatic rings. The van der Waals surface area contributed by atoms with Crippen LogP contribution in [-0.2, 0) is 11.2 Å². The van der Waals surface area contributed by atoms with E-state index in [9.17, 15) is 18.4 Å². The molecule has 2 heterocycles. The van der Waals surface area contributed by atoms with Crippen LogP contribution < -0.4 is 0 Å². The number of likely N-dealkylation sites (tertiary alicyclic amines) is 1. The largest absolute Gasteiger partial charge is 0.469 e. The van der Waals surface area contributed by atoms with Crippen LogP contribution >= 0.6 is 0 Å². The van der Waals surface area contributed by atoms with Gasteiger partial charge in [-0.15, -0.1) is 0 Å². The average molecular weight is 493 g/mol. The van der Waals surface area contributed by atoms with Crippen molar-refractivity contribution in [3.63, 3.8) is 0 Å². The first kappa shape index (κ1) is 25.4. The molecule has 0 unspecified atom stereocenters. The second-order valence-corrected chi connectivity index (χ2v) is 9.22. The number of piperidine rings is 1. The lowest BCUT2D eigenvalue weighted by Gasteiger charge is -2.40. The van der Waals surface area contributed by atoms with Crippen molar-refractivity contribution in [1.29, 1.82) is 0 Å². The van der Waals surface area contributed by atoms with Crippen LogP contribution in [-0.4, -0.2) is 47.8 Å². The maximum atomic E-state index is 14.5. The van der Waals surface area contributed by atoms with Crippen LogP contribution in [0.3, 0.4) is 0 Å². The van der Waals surface area contributed by atoms with E-state index in [-0.39, 0.29) is 35.4 Å². The van der Waals surface area contributed by atoms with Crippen LogP contribution in [0.15, 0.2) is 71.4 Å². The lowest BCUT2D eigenvalue weighted by molar-refractivity contribution is -0.127. The number of furan rings is 1. The molecular weight excluding hydrogens is 462 g/mol. The lowest BCUT2D eigenvalue weighted by atomic mass is 9.84. The Bertz CT molecular complexity index is 1240. The van der Waals surface area contributed by atoms with Crippen LogP contribution in [0.4, 0.5) is 8.78 Å². The topological polar surface area (TPSA) is 53.8 Å². The zero-order valence-electron chi connectivity index (χ0n) is 20.5. The van der Waals surface area contributed by atoms with Gasteiger partial charge in [0.15, 0.2) is 0 Å². The van der Waals surface area contributed by atoms with Crippen molar-refractivity contribution in [3.8, 4) is 0 Å². The minimum Gasteiger partial charge on any atom is -0.469 e. The maximum absolute atomic E-state index is 14.5. The van der Waals surface area contributed by atoms with Crippen molar-refractivity contribution in [2.45, 2.75) is 32.2 Å². The number of hydrogen-bond donors (Lipinski definition) is 0. The third-order valence-electron chi connectivity index (χ3n) is 6.96. The van der Waals surface area contributed by atoms with Crippen molar-refractivity contribution in [2.75, 3.05) is 20.1 Å². The molecule has 2 amide bonds. The summed E-state index contributed by atoms with van der Waals surface area (Å²) in [6.07, 6.45) is 6.30. The Hall–Kier alpha value is -3.74. The fraction of sp³-hybridized carbons (Fsp3) is 0.310. The molecule has 0 saturated carbocycles. The molecule has 1 fully saturated rings. The fourth-order valence-electron chi connectivity index (χ4n) is 4.84. The van der Waals surface area contributed by atoms with Crippen molar-refractivity contribution in [2.24, 2.45) is 5.92 Å². The Morgan fingerprint density at radius 1 is 1.11 bits per heavy atom. The van der Waals surface area contributed by atoms with Gasteiger partial charge >= 0.3 is 0 Å². The molecule has 7 heteroatoms. The predicted molar refractivity (Wildman–Crippen MR) is 134 cm³/mol. The summed E-state index contributed by atoms with van der Waals surface area (Å²) in [5, 5.41) is 0. The van der Waals surface area contributed by atoms with E-state index in [1.807, 2.05) is 0 Å². The number of rotatable bonds is 7. The predicted octanol–water partition coefficient (Wildman–Crippen LogP) is 5.50. The summed E-state index contributed by atoms with van der Waals surface area (Å²) in [7, 11) is 1.75. The Morgan fingerprint density at radius 3 is 2.53 bits per heavy atom. The SMILES string of the molecule is Cc1occc1C(=O)N(C)[C@@H](Cc1ccccc1F)C1CCN(C(=O)/C=C/c2cccc(F)c2)CC1. The highest BCUT2D eigenvalue weighted by molar-refractivity contribution is 5.95. The van der Waals surface area contributed by atoms with Crippen LogP contribution in [0.25, 0.3) is 6.08 Å². The normalized spacial score (nSPS) is 15.3. The highest BCUT2D eigenvalue weighted by Crippen LogP contribution is 2.29.